The molecule has 0 aliphatic carbocycles. The average Bonchev–Trinajstić information content (AvgIpc) is 3.09. The largest absolute Gasteiger partial charge is 0.396 e. The molecule has 1 fully saturated rings. The van der Waals surface area contributed by atoms with Crippen LogP contribution in [0.4, 0.5) is 0 Å². The third kappa shape index (κ3) is 4.19. The summed E-state index contributed by atoms with van der Waals surface area (Å²) in [6, 6.07) is 11.4. The third-order valence-electron chi connectivity index (χ3n) is 4.41. The Bertz CT molecular complexity index is 615. The van der Waals surface area contributed by atoms with Gasteiger partial charge < -0.3 is 10.4 Å². The highest BCUT2D eigenvalue weighted by Gasteiger charge is 2.30. The number of hydrogen-bond acceptors (Lipinski definition) is 4. The highest BCUT2D eigenvalue weighted by molar-refractivity contribution is 7.07. The highest BCUT2D eigenvalue weighted by atomic mass is 32.1. The second-order valence-corrected chi connectivity index (χ2v) is 6.82. The molecule has 1 aromatic carbocycles. The van der Waals surface area contributed by atoms with Gasteiger partial charge in [0.2, 0.25) is 0 Å². The summed E-state index contributed by atoms with van der Waals surface area (Å²) in [5, 5.41) is 17.0. The van der Waals surface area contributed by atoms with Crippen LogP contribution >= 0.6 is 11.3 Å². The molecule has 1 aliphatic rings. The van der Waals surface area contributed by atoms with Crippen LogP contribution in [0.1, 0.15) is 22.3 Å². The molecule has 0 radical (unpaired) electrons. The average molecular weight is 330 g/mol. The van der Waals surface area contributed by atoms with Gasteiger partial charge in [-0.05, 0) is 47.5 Å². The number of aliphatic hydroxyl groups is 1. The van der Waals surface area contributed by atoms with E-state index in [4.69, 9.17) is 0 Å². The molecule has 0 unspecified atom stereocenters. The number of aliphatic hydroxyl groups excluding tert-OH is 1. The number of thiophene rings is 1. The maximum absolute atomic E-state index is 12.4. The van der Waals surface area contributed by atoms with Crippen molar-refractivity contribution in [2.45, 2.75) is 19.0 Å². The van der Waals surface area contributed by atoms with E-state index in [1.807, 2.05) is 30.3 Å². The van der Waals surface area contributed by atoms with Gasteiger partial charge in [-0.1, -0.05) is 18.2 Å². The summed E-state index contributed by atoms with van der Waals surface area (Å²) in [6.07, 6.45) is 0.903. The number of rotatable bonds is 5. The molecule has 0 spiro atoms. The molecule has 122 valence electrons. The van der Waals surface area contributed by atoms with Gasteiger partial charge in [0, 0.05) is 37.2 Å². The van der Waals surface area contributed by atoms with Crippen molar-refractivity contribution in [3.63, 3.8) is 0 Å². The van der Waals surface area contributed by atoms with Crippen molar-refractivity contribution in [2.24, 2.45) is 5.92 Å². The molecule has 1 amide bonds. The molecule has 1 aliphatic heterocycles. The first kappa shape index (κ1) is 16.2. The van der Waals surface area contributed by atoms with Crippen molar-refractivity contribution in [3.8, 4) is 0 Å². The van der Waals surface area contributed by atoms with Crippen molar-refractivity contribution >= 4 is 17.2 Å². The number of nitrogens with zero attached hydrogens (tertiary/aromatic N) is 1. The van der Waals surface area contributed by atoms with Gasteiger partial charge in [-0.3, -0.25) is 9.69 Å². The maximum atomic E-state index is 12.4. The van der Waals surface area contributed by atoms with Crippen molar-refractivity contribution < 1.29 is 9.90 Å². The number of hydrogen-bond donors (Lipinski definition) is 2. The molecule has 5 heteroatoms. The van der Waals surface area contributed by atoms with Crippen LogP contribution in [0.3, 0.4) is 0 Å². The van der Waals surface area contributed by atoms with E-state index in [9.17, 15) is 9.90 Å². The fourth-order valence-electron chi connectivity index (χ4n) is 3.08. The molecule has 3 rings (SSSR count). The molecule has 1 aromatic heterocycles. The van der Waals surface area contributed by atoms with Crippen molar-refractivity contribution in [1.82, 2.24) is 10.2 Å². The Kier molecular flexibility index (Phi) is 5.43. The standard InChI is InChI=1S/C18H22N2O2S/c21-12-16-6-8-20(10-14-7-9-23-13-14)11-17(16)19-18(22)15-4-2-1-3-5-15/h1-5,7,9,13,16-17,21H,6,8,10-12H2,(H,19,22)/t16-,17-/m1/s1. The molecule has 0 bridgehead atoms. The summed E-state index contributed by atoms with van der Waals surface area (Å²) < 4.78 is 0. The predicted molar refractivity (Wildman–Crippen MR) is 92.5 cm³/mol. The quantitative estimate of drug-likeness (QED) is 0.885. The van der Waals surface area contributed by atoms with E-state index in [0.717, 1.165) is 26.1 Å². The molecular formula is C18H22N2O2S. The smallest absolute Gasteiger partial charge is 0.251 e. The minimum atomic E-state index is -0.0635. The Morgan fingerprint density at radius 1 is 1.30 bits per heavy atom. The van der Waals surface area contributed by atoms with Crippen molar-refractivity contribution in [3.05, 3.63) is 58.3 Å². The zero-order valence-corrected chi connectivity index (χ0v) is 13.8. The van der Waals surface area contributed by atoms with E-state index < -0.39 is 0 Å². The third-order valence-corrected chi connectivity index (χ3v) is 5.15. The number of amides is 1. The Balaban J connectivity index is 1.63. The summed E-state index contributed by atoms with van der Waals surface area (Å²) in [7, 11) is 0. The van der Waals surface area contributed by atoms with Gasteiger partial charge in [0.25, 0.3) is 5.91 Å². The summed E-state index contributed by atoms with van der Waals surface area (Å²) in [6.45, 7) is 2.75. The number of carbonyl (C=O) groups excluding carboxylic acids is 1. The zero-order chi connectivity index (χ0) is 16.1. The molecule has 4 nitrogen and oxygen atoms in total. The molecule has 1 saturated heterocycles. The Morgan fingerprint density at radius 2 is 2.13 bits per heavy atom. The van der Waals surface area contributed by atoms with Crippen LogP contribution in [0.15, 0.2) is 47.2 Å². The lowest BCUT2D eigenvalue weighted by Crippen LogP contribution is -2.53. The van der Waals surface area contributed by atoms with E-state index in [1.54, 1.807) is 11.3 Å². The lowest BCUT2D eigenvalue weighted by molar-refractivity contribution is 0.0731. The minimum absolute atomic E-state index is 0.0138. The van der Waals surface area contributed by atoms with E-state index >= 15 is 0 Å². The van der Waals surface area contributed by atoms with E-state index in [0.29, 0.717) is 5.56 Å². The van der Waals surface area contributed by atoms with Crippen molar-refractivity contribution in [2.75, 3.05) is 19.7 Å². The summed E-state index contributed by atoms with van der Waals surface area (Å²) in [5.41, 5.74) is 1.98. The molecule has 2 N–H and O–H groups in total. The number of carbonyl (C=O) groups is 1. The van der Waals surface area contributed by atoms with Crippen LogP contribution in [0.25, 0.3) is 0 Å². The van der Waals surface area contributed by atoms with Gasteiger partial charge in [-0.25, -0.2) is 0 Å². The fraction of sp³-hybridized carbons (Fsp3) is 0.389. The fourth-order valence-corrected chi connectivity index (χ4v) is 3.74. The second-order valence-electron chi connectivity index (χ2n) is 6.04. The SMILES string of the molecule is O=C(N[C@@H]1CN(Cc2ccsc2)CC[C@@H]1CO)c1ccccc1. The first-order chi connectivity index (χ1) is 11.3. The van der Waals surface area contributed by atoms with E-state index in [2.05, 4.69) is 27.0 Å². The summed E-state index contributed by atoms with van der Waals surface area (Å²) >= 11 is 1.71. The highest BCUT2D eigenvalue weighted by Crippen LogP contribution is 2.20. The number of piperidine rings is 1. The van der Waals surface area contributed by atoms with E-state index in [-0.39, 0.29) is 24.5 Å². The number of benzene rings is 1. The summed E-state index contributed by atoms with van der Waals surface area (Å²) in [4.78, 5) is 14.7. The zero-order valence-electron chi connectivity index (χ0n) is 13.0. The first-order valence-corrected chi connectivity index (χ1v) is 8.90. The monoisotopic (exact) mass is 330 g/mol. The lowest BCUT2D eigenvalue weighted by Gasteiger charge is -2.38. The van der Waals surface area contributed by atoms with Crippen LogP contribution < -0.4 is 5.32 Å². The number of likely N-dealkylation sites (tertiary alicyclic amines) is 1. The normalized spacial score (nSPS) is 22.0. The Labute approximate surface area is 140 Å². The lowest BCUT2D eigenvalue weighted by atomic mass is 9.91. The van der Waals surface area contributed by atoms with Crippen LogP contribution in [0, 0.1) is 5.92 Å². The van der Waals surface area contributed by atoms with Gasteiger partial charge >= 0.3 is 0 Å². The van der Waals surface area contributed by atoms with Crippen LogP contribution in [-0.2, 0) is 6.54 Å². The maximum Gasteiger partial charge on any atom is 0.251 e. The topological polar surface area (TPSA) is 52.6 Å². The van der Waals surface area contributed by atoms with Crippen LogP contribution in [0.5, 0.6) is 0 Å². The minimum Gasteiger partial charge on any atom is -0.396 e. The van der Waals surface area contributed by atoms with Crippen LogP contribution in [0.2, 0.25) is 0 Å². The van der Waals surface area contributed by atoms with Gasteiger partial charge in [0.05, 0.1) is 0 Å². The predicted octanol–water partition coefficient (Wildman–Crippen LogP) is 2.36. The van der Waals surface area contributed by atoms with Gasteiger partial charge in [-0.2, -0.15) is 11.3 Å². The molecule has 2 heterocycles. The van der Waals surface area contributed by atoms with Gasteiger partial charge in [0.15, 0.2) is 0 Å². The van der Waals surface area contributed by atoms with Gasteiger partial charge in [-0.15, -0.1) is 0 Å². The second kappa shape index (κ2) is 7.73. The molecular weight excluding hydrogens is 308 g/mol. The molecule has 0 saturated carbocycles. The van der Waals surface area contributed by atoms with E-state index in [1.165, 1.54) is 5.56 Å². The van der Waals surface area contributed by atoms with Crippen LogP contribution in [-0.4, -0.2) is 41.7 Å². The molecule has 2 atom stereocenters. The number of nitrogens with one attached hydrogen (secondary N) is 1. The molecule has 2 aromatic rings. The molecule has 23 heavy (non-hydrogen) atoms. The Hall–Kier alpha value is -1.69. The first-order valence-electron chi connectivity index (χ1n) is 7.96. The van der Waals surface area contributed by atoms with Gasteiger partial charge in [0.1, 0.15) is 0 Å². The van der Waals surface area contributed by atoms with Crippen molar-refractivity contribution in [1.29, 1.82) is 0 Å². The summed E-state index contributed by atoms with van der Waals surface area (Å²) in [5.74, 6) is 0.0628. The Morgan fingerprint density at radius 3 is 2.83 bits per heavy atom.